The molecule has 2 N–H and O–H groups in total. The number of hydrogen-bond donors (Lipinski definition) is 2. The number of amides is 2. The lowest BCUT2D eigenvalue weighted by atomic mass is 9.92. The molecule has 2 amide bonds. The van der Waals surface area contributed by atoms with Crippen molar-refractivity contribution in [2.45, 2.75) is 32.2 Å². The first-order chi connectivity index (χ1) is 12.6. The fourth-order valence-electron chi connectivity index (χ4n) is 3.69. The fourth-order valence-corrected chi connectivity index (χ4v) is 3.69. The first-order valence-electron chi connectivity index (χ1n) is 9.58. The minimum atomic E-state index is 0. The van der Waals surface area contributed by atoms with Crippen molar-refractivity contribution in [2.24, 2.45) is 5.92 Å². The van der Waals surface area contributed by atoms with E-state index < -0.39 is 0 Å². The molecule has 0 bridgehead atoms. The Balaban J connectivity index is 0.00000261. The largest absolute Gasteiger partial charge is 0.355 e. The highest BCUT2D eigenvalue weighted by molar-refractivity contribution is 5.85. The van der Waals surface area contributed by atoms with Crippen LogP contribution < -0.4 is 15.5 Å². The second-order valence-electron chi connectivity index (χ2n) is 7.17. The van der Waals surface area contributed by atoms with Gasteiger partial charge in [-0.05, 0) is 38.4 Å². The van der Waals surface area contributed by atoms with Crippen molar-refractivity contribution in [1.29, 1.82) is 0 Å². The predicted molar refractivity (Wildman–Crippen MR) is 108 cm³/mol. The molecule has 0 saturated carbocycles. The number of aromatic nitrogens is 1. The second-order valence-corrected chi connectivity index (χ2v) is 7.17. The Bertz CT molecular complexity index is 607. The smallest absolute Gasteiger partial charge is 0.224 e. The number of carbonyl (C=O) groups is 2. The Morgan fingerprint density at radius 2 is 2.04 bits per heavy atom. The number of rotatable bonds is 5. The Kier molecular flexibility index (Phi) is 8.31. The van der Waals surface area contributed by atoms with Gasteiger partial charge in [0.15, 0.2) is 0 Å². The van der Waals surface area contributed by atoms with Crippen LogP contribution in [-0.4, -0.2) is 67.0 Å². The van der Waals surface area contributed by atoms with Crippen LogP contribution in [0.4, 0.5) is 5.82 Å². The summed E-state index contributed by atoms with van der Waals surface area (Å²) in [6, 6.07) is 6.26. The van der Waals surface area contributed by atoms with Crippen LogP contribution in [0.2, 0.25) is 0 Å². The van der Waals surface area contributed by atoms with E-state index in [-0.39, 0.29) is 30.1 Å². The summed E-state index contributed by atoms with van der Waals surface area (Å²) >= 11 is 0. The lowest BCUT2D eigenvalue weighted by Gasteiger charge is -2.35. The van der Waals surface area contributed by atoms with Crippen LogP contribution in [0, 0.1) is 5.92 Å². The average Bonchev–Trinajstić information content (AvgIpc) is 2.68. The molecule has 2 saturated heterocycles. The Morgan fingerprint density at radius 1 is 1.26 bits per heavy atom. The zero-order valence-corrected chi connectivity index (χ0v) is 16.7. The Morgan fingerprint density at radius 3 is 2.70 bits per heavy atom. The first-order valence-corrected chi connectivity index (χ1v) is 9.58. The minimum absolute atomic E-state index is 0. The summed E-state index contributed by atoms with van der Waals surface area (Å²) in [5, 5.41) is 6.29. The molecule has 8 heteroatoms. The number of nitrogens with one attached hydrogen (secondary N) is 2. The molecule has 0 radical (unpaired) electrons. The normalized spacial score (nSPS) is 22.7. The van der Waals surface area contributed by atoms with Gasteiger partial charge in [0, 0.05) is 57.3 Å². The van der Waals surface area contributed by atoms with Crippen LogP contribution in [0.25, 0.3) is 0 Å². The molecule has 27 heavy (non-hydrogen) atoms. The monoisotopic (exact) mass is 395 g/mol. The minimum Gasteiger partial charge on any atom is -0.355 e. The lowest BCUT2D eigenvalue weighted by Crippen LogP contribution is -2.49. The van der Waals surface area contributed by atoms with E-state index in [1.165, 1.54) is 0 Å². The Labute approximate surface area is 167 Å². The van der Waals surface area contributed by atoms with Gasteiger partial charge in [-0.1, -0.05) is 6.07 Å². The van der Waals surface area contributed by atoms with Gasteiger partial charge in [0.05, 0.1) is 0 Å². The number of carbonyl (C=O) groups excluding carboxylic acids is 2. The topological polar surface area (TPSA) is 77.6 Å². The van der Waals surface area contributed by atoms with Gasteiger partial charge in [0.25, 0.3) is 0 Å². The van der Waals surface area contributed by atoms with Gasteiger partial charge in [-0.3, -0.25) is 9.59 Å². The highest BCUT2D eigenvalue weighted by atomic mass is 35.5. The fraction of sp³-hybridized carbons (Fsp3) is 0.632. The van der Waals surface area contributed by atoms with Crippen LogP contribution in [0.3, 0.4) is 0 Å². The van der Waals surface area contributed by atoms with Crippen LogP contribution in [0.5, 0.6) is 0 Å². The second kappa shape index (κ2) is 10.5. The van der Waals surface area contributed by atoms with Gasteiger partial charge in [0.1, 0.15) is 5.82 Å². The van der Waals surface area contributed by atoms with Gasteiger partial charge < -0.3 is 20.4 Å². The van der Waals surface area contributed by atoms with E-state index in [0.29, 0.717) is 32.1 Å². The summed E-state index contributed by atoms with van der Waals surface area (Å²) in [5.41, 5.74) is 0. The van der Waals surface area contributed by atoms with Gasteiger partial charge in [-0.2, -0.15) is 0 Å². The predicted octanol–water partition coefficient (Wildman–Crippen LogP) is 1.05. The van der Waals surface area contributed by atoms with E-state index in [0.717, 1.165) is 38.3 Å². The van der Waals surface area contributed by atoms with Crippen molar-refractivity contribution in [3.8, 4) is 0 Å². The molecule has 2 aliphatic rings. The summed E-state index contributed by atoms with van der Waals surface area (Å²) in [6.07, 6.45) is 3.91. The number of hydrogen-bond acceptors (Lipinski definition) is 5. The van der Waals surface area contributed by atoms with Crippen LogP contribution in [0.1, 0.15) is 26.2 Å². The zero-order valence-electron chi connectivity index (χ0n) is 15.9. The van der Waals surface area contributed by atoms with E-state index in [9.17, 15) is 9.59 Å². The zero-order chi connectivity index (χ0) is 18.4. The summed E-state index contributed by atoms with van der Waals surface area (Å²) < 4.78 is 0. The molecule has 3 rings (SSSR count). The number of pyridine rings is 1. The van der Waals surface area contributed by atoms with Crippen molar-refractivity contribution in [2.75, 3.05) is 44.2 Å². The molecule has 0 aromatic carbocycles. The van der Waals surface area contributed by atoms with Gasteiger partial charge >= 0.3 is 0 Å². The number of piperazine rings is 1. The molecule has 1 aromatic rings. The molecule has 1 aromatic heterocycles. The van der Waals surface area contributed by atoms with Gasteiger partial charge in [-0.25, -0.2) is 4.98 Å². The van der Waals surface area contributed by atoms with E-state index in [4.69, 9.17) is 0 Å². The molecule has 2 aliphatic heterocycles. The molecular weight excluding hydrogens is 366 g/mol. The SMILES string of the molecule is C[C@H]1C[C@@H](C(=O)NCCC(=O)N2CCN(c3ccccn3)CC2)CCN1.Cl. The van der Waals surface area contributed by atoms with Crippen molar-refractivity contribution >= 4 is 30.0 Å². The average molecular weight is 396 g/mol. The molecule has 7 nitrogen and oxygen atoms in total. The molecule has 150 valence electrons. The summed E-state index contributed by atoms with van der Waals surface area (Å²) in [7, 11) is 0. The number of anilines is 1. The first kappa shape index (κ1) is 21.4. The molecule has 0 spiro atoms. The molecule has 0 aliphatic carbocycles. The van der Waals surface area contributed by atoms with Gasteiger partial charge in [0.2, 0.25) is 11.8 Å². The number of piperidine rings is 1. The molecular formula is C19H30ClN5O2. The van der Waals surface area contributed by atoms with Crippen LogP contribution in [-0.2, 0) is 9.59 Å². The standard InChI is InChI=1S/C19H29N5O2.ClH/c1-15-14-16(5-8-20-15)19(26)22-9-6-18(25)24-12-10-23(11-13-24)17-4-2-3-7-21-17;/h2-4,7,15-16,20H,5-6,8-14H2,1H3,(H,22,26);1H/t15-,16-;/m0./s1. The summed E-state index contributed by atoms with van der Waals surface area (Å²) in [5.74, 6) is 1.24. The molecule has 0 unspecified atom stereocenters. The van der Waals surface area contributed by atoms with Crippen molar-refractivity contribution in [3.63, 3.8) is 0 Å². The highest BCUT2D eigenvalue weighted by Gasteiger charge is 2.25. The maximum atomic E-state index is 12.4. The molecule has 2 fully saturated rings. The number of nitrogens with zero attached hydrogens (tertiary/aromatic N) is 3. The molecule has 3 heterocycles. The third kappa shape index (κ3) is 6.07. The van der Waals surface area contributed by atoms with Crippen molar-refractivity contribution < 1.29 is 9.59 Å². The van der Waals surface area contributed by atoms with Crippen LogP contribution in [0.15, 0.2) is 24.4 Å². The highest BCUT2D eigenvalue weighted by Crippen LogP contribution is 2.16. The maximum Gasteiger partial charge on any atom is 0.224 e. The lowest BCUT2D eigenvalue weighted by molar-refractivity contribution is -0.131. The van der Waals surface area contributed by atoms with E-state index in [1.54, 1.807) is 6.20 Å². The van der Waals surface area contributed by atoms with E-state index >= 15 is 0 Å². The van der Waals surface area contributed by atoms with Crippen molar-refractivity contribution in [1.82, 2.24) is 20.5 Å². The quantitative estimate of drug-likeness (QED) is 0.779. The van der Waals surface area contributed by atoms with Gasteiger partial charge in [-0.15, -0.1) is 12.4 Å². The number of halogens is 1. The Hall–Kier alpha value is -1.86. The summed E-state index contributed by atoms with van der Waals surface area (Å²) in [6.45, 7) is 6.41. The van der Waals surface area contributed by atoms with Crippen molar-refractivity contribution in [3.05, 3.63) is 24.4 Å². The maximum absolute atomic E-state index is 12.4. The summed E-state index contributed by atoms with van der Waals surface area (Å²) in [4.78, 5) is 33.1. The van der Waals surface area contributed by atoms with E-state index in [1.807, 2.05) is 23.1 Å². The third-order valence-electron chi connectivity index (χ3n) is 5.24. The molecule has 2 atom stereocenters. The van der Waals surface area contributed by atoms with Crippen LogP contribution >= 0.6 is 12.4 Å². The third-order valence-corrected chi connectivity index (χ3v) is 5.24. The van der Waals surface area contributed by atoms with E-state index in [2.05, 4.69) is 27.4 Å².